The van der Waals surface area contributed by atoms with E-state index in [0.29, 0.717) is 11.4 Å². The number of nitrogens with two attached hydrogens (primary N) is 2. The third-order valence-corrected chi connectivity index (χ3v) is 0.876. The summed E-state index contributed by atoms with van der Waals surface area (Å²) in [7, 11) is 0. The van der Waals surface area contributed by atoms with E-state index in [2.05, 4.69) is 0 Å². The molecule has 0 saturated heterocycles. The van der Waals surface area contributed by atoms with Crippen molar-refractivity contribution in [2.24, 2.45) is 0 Å². The number of hydrogen-bond donors (Lipinski definition) is 3. The number of anilines is 2. The Kier molecular flexibility index (Phi) is 0.802. The summed E-state index contributed by atoms with van der Waals surface area (Å²) in [5.41, 5.74) is 11.3. The van der Waals surface area contributed by atoms with Crippen LogP contribution in [0.4, 0.5) is 11.4 Å². The minimum absolute atomic E-state index is 0.396. The van der Waals surface area contributed by atoms with Crippen LogP contribution in [-0.2, 0) is 0 Å². The quantitative estimate of drug-likeness (QED) is 0.411. The number of aromatic nitrogens is 1. The fourth-order valence-electron chi connectivity index (χ4n) is 0.471. The van der Waals surface area contributed by atoms with Gasteiger partial charge in [0.25, 0.3) is 0 Å². The van der Waals surface area contributed by atoms with E-state index in [1.165, 1.54) is 12.4 Å². The van der Waals surface area contributed by atoms with Gasteiger partial charge in [0, 0.05) is 0 Å². The largest absolute Gasteiger partial charge is 0.429 e. The molecule has 1 aromatic rings. The summed E-state index contributed by atoms with van der Waals surface area (Å²) in [4.78, 5) is 0. The lowest BCUT2D eigenvalue weighted by atomic mass is 10.5. The molecule has 1 rings (SSSR count). The third kappa shape index (κ3) is 0.556. The smallest absolute Gasteiger partial charge is 0.0764 e. The molecule has 1 heterocycles. The second kappa shape index (κ2) is 1.33. The van der Waals surface area contributed by atoms with Crippen molar-refractivity contribution in [3.05, 3.63) is 12.4 Å². The van der Waals surface area contributed by atoms with Gasteiger partial charge in [0.2, 0.25) is 0 Å². The van der Waals surface area contributed by atoms with Crippen LogP contribution in [0, 0.1) is 0 Å². The highest BCUT2D eigenvalue weighted by Crippen LogP contribution is 2.12. The molecule has 0 saturated carbocycles. The first kappa shape index (κ1) is 4.83. The minimum atomic E-state index is 0.396. The lowest BCUT2D eigenvalue weighted by molar-refractivity contribution is 0.188. The highest BCUT2D eigenvalue weighted by molar-refractivity contribution is 5.61. The van der Waals surface area contributed by atoms with Crippen molar-refractivity contribution in [1.82, 2.24) is 4.73 Å². The molecule has 0 aliphatic heterocycles. The Balaban J connectivity index is 3.14. The van der Waals surface area contributed by atoms with Crippen LogP contribution >= 0.6 is 0 Å². The summed E-state index contributed by atoms with van der Waals surface area (Å²) in [6.07, 6.45) is 2.66. The Morgan fingerprint density at radius 1 is 1.25 bits per heavy atom. The van der Waals surface area contributed by atoms with E-state index in [1.54, 1.807) is 0 Å². The molecule has 0 aliphatic carbocycles. The van der Waals surface area contributed by atoms with E-state index in [4.69, 9.17) is 16.7 Å². The van der Waals surface area contributed by atoms with Crippen LogP contribution in [0.1, 0.15) is 0 Å². The van der Waals surface area contributed by atoms with Gasteiger partial charge in [-0.25, -0.2) is 0 Å². The highest BCUT2D eigenvalue weighted by atomic mass is 16.5. The zero-order valence-corrected chi connectivity index (χ0v) is 4.20. The van der Waals surface area contributed by atoms with Gasteiger partial charge in [-0.05, 0) is 0 Å². The van der Waals surface area contributed by atoms with Crippen molar-refractivity contribution < 1.29 is 5.21 Å². The molecule has 0 spiro atoms. The van der Waals surface area contributed by atoms with Crippen molar-refractivity contribution in [3.8, 4) is 0 Å². The lowest BCUT2D eigenvalue weighted by Crippen LogP contribution is -1.87. The third-order valence-electron chi connectivity index (χ3n) is 0.876. The van der Waals surface area contributed by atoms with E-state index >= 15 is 0 Å². The number of nitrogens with zero attached hydrogens (tertiary/aromatic N) is 1. The Morgan fingerprint density at radius 3 is 1.75 bits per heavy atom. The molecule has 0 unspecified atom stereocenters. The van der Waals surface area contributed by atoms with E-state index in [-0.39, 0.29) is 0 Å². The topological polar surface area (TPSA) is 77.2 Å². The van der Waals surface area contributed by atoms with Crippen molar-refractivity contribution in [2.75, 3.05) is 11.5 Å². The zero-order valence-electron chi connectivity index (χ0n) is 4.20. The number of rotatable bonds is 0. The summed E-state index contributed by atoms with van der Waals surface area (Å²) in [5.74, 6) is 0. The molecule has 8 heavy (non-hydrogen) atoms. The first-order chi connectivity index (χ1) is 3.70. The van der Waals surface area contributed by atoms with Gasteiger partial charge >= 0.3 is 0 Å². The second-order valence-corrected chi connectivity index (χ2v) is 1.55. The maximum absolute atomic E-state index is 8.59. The molecule has 4 heteroatoms. The van der Waals surface area contributed by atoms with Crippen LogP contribution in [0.3, 0.4) is 0 Å². The van der Waals surface area contributed by atoms with E-state index in [0.717, 1.165) is 4.73 Å². The molecule has 0 bridgehead atoms. The number of nitrogen functional groups attached to an aromatic ring is 2. The molecule has 0 atom stereocenters. The first-order valence-electron chi connectivity index (χ1n) is 2.12. The fourth-order valence-corrected chi connectivity index (χ4v) is 0.471. The van der Waals surface area contributed by atoms with Gasteiger partial charge < -0.3 is 16.7 Å². The van der Waals surface area contributed by atoms with Crippen molar-refractivity contribution in [2.45, 2.75) is 0 Å². The Hall–Kier alpha value is -1.32. The second-order valence-electron chi connectivity index (χ2n) is 1.55. The molecule has 1 aromatic heterocycles. The summed E-state index contributed by atoms with van der Waals surface area (Å²) in [6.45, 7) is 0. The zero-order chi connectivity index (χ0) is 6.15. The molecule has 4 nitrogen and oxygen atoms in total. The van der Waals surface area contributed by atoms with Gasteiger partial charge in [-0.1, -0.05) is 0 Å². The van der Waals surface area contributed by atoms with E-state index in [1.807, 2.05) is 0 Å². The van der Waals surface area contributed by atoms with Gasteiger partial charge in [0.15, 0.2) is 0 Å². The van der Waals surface area contributed by atoms with Crippen LogP contribution < -0.4 is 11.5 Å². The van der Waals surface area contributed by atoms with Crippen molar-refractivity contribution >= 4 is 11.4 Å². The molecule has 5 N–H and O–H groups in total. The van der Waals surface area contributed by atoms with Crippen LogP contribution in [-0.4, -0.2) is 9.94 Å². The normalized spacial score (nSPS) is 9.50. The van der Waals surface area contributed by atoms with Crippen molar-refractivity contribution in [3.63, 3.8) is 0 Å². The van der Waals surface area contributed by atoms with Crippen LogP contribution in [0.2, 0.25) is 0 Å². The fraction of sp³-hybridized carbons (Fsp3) is 0. The van der Waals surface area contributed by atoms with Gasteiger partial charge in [-0.15, -0.1) is 0 Å². The van der Waals surface area contributed by atoms with Gasteiger partial charge in [0.1, 0.15) is 0 Å². The standard InChI is InChI=1S/C4H7N3O/c5-3-1-7(8)2-4(3)6/h1-2,8H,5-6H2. The lowest BCUT2D eigenvalue weighted by Gasteiger charge is -1.80. The molecule has 44 valence electrons. The van der Waals surface area contributed by atoms with E-state index in [9.17, 15) is 0 Å². The van der Waals surface area contributed by atoms with E-state index < -0.39 is 0 Å². The SMILES string of the molecule is Nc1cn(O)cc1N. The predicted octanol–water partition coefficient (Wildman–Crippen LogP) is -0.110. The van der Waals surface area contributed by atoms with Crippen LogP contribution in [0.5, 0.6) is 0 Å². The minimum Gasteiger partial charge on any atom is -0.429 e. The molecule has 0 fully saturated rings. The van der Waals surface area contributed by atoms with Gasteiger partial charge in [0.05, 0.1) is 23.8 Å². The molecule has 0 aliphatic rings. The first-order valence-corrected chi connectivity index (χ1v) is 2.12. The van der Waals surface area contributed by atoms with Crippen molar-refractivity contribution in [1.29, 1.82) is 0 Å². The van der Waals surface area contributed by atoms with Crippen LogP contribution in [0.25, 0.3) is 0 Å². The molecule has 0 aromatic carbocycles. The molecular weight excluding hydrogens is 106 g/mol. The summed E-state index contributed by atoms with van der Waals surface area (Å²) < 4.78 is 0.824. The highest BCUT2D eigenvalue weighted by Gasteiger charge is 1.94. The average Bonchev–Trinajstić information content (AvgIpc) is 1.85. The molecule has 0 radical (unpaired) electrons. The molecular formula is C4H7N3O. The monoisotopic (exact) mass is 113 g/mol. The van der Waals surface area contributed by atoms with Crippen LogP contribution in [0.15, 0.2) is 12.4 Å². The summed E-state index contributed by atoms with van der Waals surface area (Å²) >= 11 is 0. The predicted molar refractivity (Wildman–Crippen MR) is 30.4 cm³/mol. The maximum Gasteiger partial charge on any atom is 0.0764 e. The Bertz CT molecular complexity index is 174. The summed E-state index contributed by atoms with van der Waals surface area (Å²) in [5, 5.41) is 8.59. The van der Waals surface area contributed by atoms with Gasteiger partial charge in [-0.2, -0.15) is 4.73 Å². The summed E-state index contributed by atoms with van der Waals surface area (Å²) in [6, 6.07) is 0. The maximum atomic E-state index is 8.59. The number of hydrogen-bond acceptors (Lipinski definition) is 3. The Labute approximate surface area is 46.3 Å². The van der Waals surface area contributed by atoms with Gasteiger partial charge in [-0.3, -0.25) is 0 Å². The Morgan fingerprint density at radius 2 is 1.62 bits per heavy atom. The molecule has 0 amide bonds. The average molecular weight is 113 g/mol.